The molecule has 20 heavy (non-hydrogen) atoms. The molecule has 7 heteroatoms. The largest absolute Gasteiger partial charge is 0.392 e. The molecule has 6 nitrogen and oxygen atoms in total. The lowest BCUT2D eigenvalue weighted by atomic mass is 10.1. The summed E-state index contributed by atoms with van der Waals surface area (Å²) in [5, 5.41) is 13.3. The summed E-state index contributed by atoms with van der Waals surface area (Å²) in [4.78, 5) is 22.0. The lowest BCUT2D eigenvalue weighted by Crippen LogP contribution is -2.28. The summed E-state index contributed by atoms with van der Waals surface area (Å²) in [6, 6.07) is 1.83. The molecule has 1 aromatic carbocycles. The number of nitro benzene ring substituents is 1. The Morgan fingerprint density at radius 3 is 2.70 bits per heavy atom. The number of nitrogens with zero attached hydrogens (tertiary/aromatic N) is 1. The van der Waals surface area contributed by atoms with Gasteiger partial charge in [0.25, 0.3) is 11.6 Å². The van der Waals surface area contributed by atoms with Crippen molar-refractivity contribution in [3.8, 4) is 0 Å². The van der Waals surface area contributed by atoms with Crippen LogP contribution in [0.1, 0.15) is 30.6 Å². The number of benzene rings is 1. The summed E-state index contributed by atoms with van der Waals surface area (Å²) in [5.41, 5.74) is 4.33. The maximum Gasteiger partial charge on any atom is 0.293 e. The lowest BCUT2D eigenvalue weighted by molar-refractivity contribution is -0.384. The van der Waals surface area contributed by atoms with Crippen LogP contribution >= 0.6 is 0 Å². The number of amides is 1. The summed E-state index contributed by atoms with van der Waals surface area (Å²) in [7, 11) is 0. The molecule has 1 aliphatic carbocycles. The Morgan fingerprint density at radius 2 is 2.20 bits per heavy atom. The van der Waals surface area contributed by atoms with Crippen molar-refractivity contribution in [1.29, 1.82) is 0 Å². The maximum absolute atomic E-state index is 13.7. The van der Waals surface area contributed by atoms with Gasteiger partial charge in [0.1, 0.15) is 17.1 Å². The molecular formula is C13H16FN3O3. The summed E-state index contributed by atoms with van der Waals surface area (Å²) in [5.74, 6) is -1.23. The van der Waals surface area contributed by atoms with Gasteiger partial charge in [0, 0.05) is 12.6 Å². The summed E-state index contributed by atoms with van der Waals surface area (Å²) >= 11 is 0. The number of hydrogen-bond acceptors (Lipinski definition) is 4. The van der Waals surface area contributed by atoms with Gasteiger partial charge < -0.3 is 11.1 Å². The Morgan fingerprint density at radius 1 is 1.60 bits per heavy atom. The fourth-order valence-corrected chi connectivity index (χ4v) is 2.20. The van der Waals surface area contributed by atoms with Crippen LogP contribution in [0.4, 0.5) is 15.8 Å². The molecule has 0 bridgehead atoms. The number of nitro groups is 1. The van der Waals surface area contributed by atoms with Gasteiger partial charge in [-0.15, -0.1) is 0 Å². The minimum Gasteiger partial charge on any atom is -0.392 e. The molecule has 1 atom stereocenters. The van der Waals surface area contributed by atoms with Crippen molar-refractivity contribution in [3.05, 3.63) is 33.6 Å². The van der Waals surface area contributed by atoms with Crippen molar-refractivity contribution in [2.45, 2.75) is 20.3 Å². The van der Waals surface area contributed by atoms with Gasteiger partial charge in [0.15, 0.2) is 0 Å². The molecular weight excluding hydrogens is 265 g/mol. The SMILES string of the molecule is CC1(C)CC1CNC(=O)c1c(F)ccc([N+](=O)[O-])c1N. The number of rotatable bonds is 4. The normalized spacial score (nSPS) is 19.4. The Bertz CT molecular complexity index is 586. The minimum absolute atomic E-state index is 0.181. The predicted molar refractivity (Wildman–Crippen MR) is 71.7 cm³/mol. The molecule has 0 spiro atoms. The van der Waals surface area contributed by atoms with E-state index >= 15 is 0 Å². The minimum atomic E-state index is -0.861. The van der Waals surface area contributed by atoms with Crippen LogP contribution in [0.15, 0.2) is 12.1 Å². The van der Waals surface area contributed by atoms with E-state index < -0.39 is 33.6 Å². The van der Waals surface area contributed by atoms with Crippen molar-refractivity contribution in [1.82, 2.24) is 5.32 Å². The molecule has 0 saturated heterocycles. The van der Waals surface area contributed by atoms with Crippen molar-refractivity contribution < 1.29 is 14.1 Å². The third-order valence-electron chi connectivity index (χ3n) is 3.82. The number of halogens is 1. The second-order valence-electron chi connectivity index (χ2n) is 5.71. The quantitative estimate of drug-likeness (QED) is 0.501. The van der Waals surface area contributed by atoms with Crippen molar-refractivity contribution in [2.75, 3.05) is 12.3 Å². The van der Waals surface area contributed by atoms with Crippen molar-refractivity contribution >= 4 is 17.3 Å². The highest BCUT2D eigenvalue weighted by molar-refractivity contribution is 6.01. The summed E-state index contributed by atoms with van der Waals surface area (Å²) in [6.45, 7) is 4.56. The third-order valence-corrected chi connectivity index (χ3v) is 3.82. The van der Waals surface area contributed by atoms with Crippen LogP contribution in [0.25, 0.3) is 0 Å². The first-order chi connectivity index (χ1) is 9.24. The van der Waals surface area contributed by atoms with E-state index in [0.717, 1.165) is 18.6 Å². The van der Waals surface area contributed by atoms with Crippen molar-refractivity contribution in [3.63, 3.8) is 0 Å². The smallest absolute Gasteiger partial charge is 0.293 e. The Hall–Kier alpha value is -2.18. The third kappa shape index (κ3) is 2.56. The second kappa shape index (κ2) is 4.73. The van der Waals surface area contributed by atoms with E-state index in [9.17, 15) is 19.3 Å². The zero-order valence-corrected chi connectivity index (χ0v) is 11.3. The van der Waals surface area contributed by atoms with Gasteiger partial charge in [-0.3, -0.25) is 14.9 Å². The molecule has 1 saturated carbocycles. The van der Waals surface area contributed by atoms with E-state index in [4.69, 9.17) is 5.73 Å². The number of anilines is 1. The Balaban J connectivity index is 2.17. The number of hydrogen-bond donors (Lipinski definition) is 2. The van der Waals surface area contributed by atoms with Gasteiger partial charge in [-0.1, -0.05) is 13.8 Å². The molecule has 1 fully saturated rings. The van der Waals surface area contributed by atoms with Gasteiger partial charge in [0.2, 0.25) is 0 Å². The van der Waals surface area contributed by atoms with Crippen LogP contribution in [0, 0.1) is 27.3 Å². The van der Waals surface area contributed by atoms with Gasteiger partial charge >= 0.3 is 0 Å². The first-order valence-corrected chi connectivity index (χ1v) is 6.24. The van der Waals surface area contributed by atoms with E-state index in [1.807, 2.05) is 0 Å². The Kier molecular flexibility index (Phi) is 3.37. The maximum atomic E-state index is 13.7. The van der Waals surface area contributed by atoms with Crippen LogP contribution in [0.5, 0.6) is 0 Å². The fourth-order valence-electron chi connectivity index (χ4n) is 2.20. The molecule has 2 rings (SSSR count). The highest BCUT2D eigenvalue weighted by atomic mass is 19.1. The zero-order chi connectivity index (χ0) is 15.1. The molecule has 1 amide bonds. The fraction of sp³-hybridized carbons (Fsp3) is 0.462. The van der Waals surface area contributed by atoms with Gasteiger partial charge in [-0.05, 0) is 23.8 Å². The molecule has 108 valence electrons. The molecule has 1 aliphatic rings. The number of carbonyl (C=O) groups excluding carboxylic acids is 1. The van der Waals surface area contributed by atoms with Crippen molar-refractivity contribution in [2.24, 2.45) is 11.3 Å². The average Bonchev–Trinajstić information content (AvgIpc) is 2.94. The highest BCUT2D eigenvalue weighted by Crippen LogP contribution is 2.51. The van der Waals surface area contributed by atoms with Gasteiger partial charge in [-0.2, -0.15) is 0 Å². The van der Waals surface area contributed by atoms with E-state index in [2.05, 4.69) is 19.2 Å². The molecule has 3 N–H and O–H groups in total. The monoisotopic (exact) mass is 281 g/mol. The topological polar surface area (TPSA) is 98.3 Å². The van der Waals surface area contributed by atoms with Crippen LogP contribution in [-0.2, 0) is 0 Å². The Labute approximate surface area is 115 Å². The lowest BCUT2D eigenvalue weighted by Gasteiger charge is -2.09. The standard InChI is InChI=1S/C13H16FN3O3/c1-13(2)5-7(13)6-16-12(18)10-8(14)3-4-9(11(10)15)17(19)20/h3-4,7H,5-6,15H2,1-2H3,(H,16,18). The first-order valence-electron chi connectivity index (χ1n) is 6.24. The molecule has 0 aromatic heterocycles. The van der Waals surface area contributed by atoms with E-state index in [0.29, 0.717) is 12.5 Å². The van der Waals surface area contributed by atoms with E-state index in [1.54, 1.807) is 0 Å². The zero-order valence-electron chi connectivity index (χ0n) is 11.3. The highest BCUT2D eigenvalue weighted by Gasteiger charge is 2.45. The average molecular weight is 281 g/mol. The number of nitrogens with one attached hydrogen (secondary N) is 1. The van der Waals surface area contributed by atoms with Gasteiger partial charge in [-0.25, -0.2) is 4.39 Å². The number of nitrogen functional groups attached to an aromatic ring is 1. The number of carbonyl (C=O) groups is 1. The molecule has 0 radical (unpaired) electrons. The molecule has 0 heterocycles. The predicted octanol–water partition coefficient (Wildman–Crippen LogP) is 2.09. The molecule has 1 aromatic rings. The molecule has 0 aliphatic heterocycles. The van der Waals surface area contributed by atoms with Crippen LogP contribution in [0.3, 0.4) is 0 Å². The van der Waals surface area contributed by atoms with Crippen LogP contribution < -0.4 is 11.1 Å². The molecule has 1 unspecified atom stereocenters. The first kappa shape index (κ1) is 14.2. The van der Waals surface area contributed by atoms with E-state index in [1.165, 1.54) is 0 Å². The summed E-state index contributed by atoms with van der Waals surface area (Å²) in [6.07, 6.45) is 0.986. The van der Waals surface area contributed by atoms with Gasteiger partial charge in [0.05, 0.1) is 4.92 Å². The number of nitrogens with two attached hydrogens (primary N) is 1. The van der Waals surface area contributed by atoms with E-state index in [-0.39, 0.29) is 5.41 Å². The summed E-state index contributed by atoms with van der Waals surface area (Å²) < 4.78 is 13.7. The van der Waals surface area contributed by atoms with Crippen LogP contribution in [0.2, 0.25) is 0 Å². The van der Waals surface area contributed by atoms with Crippen LogP contribution in [-0.4, -0.2) is 17.4 Å². The second-order valence-corrected chi connectivity index (χ2v) is 5.71.